The zero-order chi connectivity index (χ0) is 17.4. The van der Waals surface area contributed by atoms with Crippen LogP contribution in [0, 0.1) is 6.92 Å². The van der Waals surface area contributed by atoms with Gasteiger partial charge in [-0.3, -0.25) is 4.79 Å². The number of nitrogen functional groups attached to an aromatic ring is 1. The predicted octanol–water partition coefficient (Wildman–Crippen LogP) is 3.96. The van der Waals surface area contributed by atoms with Gasteiger partial charge in [0.2, 0.25) is 0 Å². The number of nitrogens with zero attached hydrogens (tertiary/aromatic N) is 1. The Balaban J connectivity index is 1.99. The number of unbranched alkanes of at least 4 members (excludes halogenated alkanes) is 1. The molecule has 5 heteroatoms. The molecule has 0 aliphatic rings. The number of allylic oxidation sites excluding steroid dienone is 1. The van der Waals surface area contributed by atoms with E-state index in [-0.39, 0.29) is 11.7 Å². The van der Waals surface area contributed by atoms with Crippen LogP contribution in [0.3, 0.4) is 0 Å². The molecule has 1 aromatic heterocycles. The van der Waals surface area contributed by atoms with Gasteiger partial charge in [0.25, 0.3) is 5.91 Å². The summed E-state index contributed by atoms with van der Waals surface area (Å²) in [5, 5.41) is 2.81. The first-order chi connectivity index (χ1) is 11.6. The summed E-state index contributed by atoms with van der Waals surface area (Å²) in [6.45, 7) is 4.47. The number of ether oxygens (including phenoxy) is 1. The van der Waals surface area contributed by atoms with Crippen LogP contribution in [-0.2, 0) is 0 Å². The standard InChI is InChI=1S/C19H23N3O2/c1-3-4-5-6-12-24-16-9-7-8-15(13-16)22-19(23)17-11-10-14(2)21-18(17)20/h5-11,13H,3-4,12H2,1-2H3,(H2,20,21)(H,22,23). The molecule has 1 heterocycles. The van der Waals surface area contributed by atoms with Crippen LogP contribution in [0.5, 0.6) is 5.75 Å². The number of carbonyl (C=O) groups excluding carboxylic acids is 1. The second kappa shape index (κ2) is 8.72. The molecule has 0 aliphatic heterocycles. The number of benzene rings is 1. The van der Waals surface area contributed by atoms with Gasteiger partial charge >= 0.3 is 0 Å². The topological polar surface area (TPSA) is 77.2 Å². The Bertz CT molecular complexity index is 726. The number of amides is 1. The molecule has 24 heavy (non-hydrogen) atoms. The van der Waals surface area contributed by atoms with Crippen molar-refractivity contribution < 1.29 is 9.53 Å². The lowest BCUT2D eigenvalue weighted by Crippen LogP contribution is -2.15. The van der Waals surface area contributed by atoms with Crippen molar-refractivity contribution in [1.82, 2.24) is 4.98 Å². The summed E-state index contributed by atoms with van der Waals surface area (Å²) < 4.78 is 5.64. The van der Waals surface area contributed by atoms with Crippen LogP contribution in [0.1, 0.15) is 35.8 Å². The molecular weight excluding hydrogens is 302 g/mol. The maximum Gasteiger partial charge on any atom is 0.259 e. The highest BCUT2D eigenvalue weighted by Crippen LogP contribution is 2.19. The number of hydrogen-bond acceptors (Lipinski definition) is 4. The fourth-order valence-corrected chi connectivity index (χ4v) is 2.13. The van der Waals surface area contributed by atoms with Gasteiger partial charge in [0.05, 0.1) is 5.56 Å². The molecule has 0 bridgehead atoms. The van der Waals surface area contributed by atoms with Crippen LogP contribution in [0.15, 0.2) is 48.6 Å². The lowest BCUT2D eigenvalue weighted by Gasteiger charge is -2.09. The predicted molar refractivity (Wildman–Crippen MR) is 97.3 cm³/mol. The number of carbonyl (C=O) groups is 1. The van der Waals surface area contributed by atoms with Gasteiger partial charge in [-0.25, -0.2) is 4.98 Å². The molecule has 0 radical (unpaired) electrons. The average Bonchev–Trinajstić information content (AvgIpc) is 2.55. The van der Waals surface area contributed by atoms with Crippen LogP contribution in [0.2, 0.25) is 0 Å². The molecule has 0 atom stereocenters. The van der Waals surface area contributed by atoms with Gasteiger partial charge in [-0.2, -0.15) is 0 Å². The third-order valence-corrected chi connectivity index (χ3v) is 3.37. The van der Waals surface area contributed by atoms with Gasteiger partial charge in [0, 0.05) is 17.4 Å². The van der Waals surface area contributed by atoms with E-state index in [1.165, 1.54) is 0 Å². The normalized spacial score (nSPS) is 10.8. The van der Waals surface area contributed by atoms with E-state index in [9.17, 15) is 4.79 Å². The molecule has 0 fully saturated rings. The van der Waals surface area contributed by atoms with E-state index in [0.717, 1.165) is 18.5 Å². The van der Waals surface area contributed by atoms with E-state index in [0.29, 0.717) is 23.6 Å². The second-order valence-corrected chi connectivity index (χ2v) is 5.44. The summed E-state index contributed by atoms with van der Waals surface area (Å²) in [5.41, 5.74) is 7.59. The Morgan fingerprint density at radius 2 is 2.12 bits per heavy atom. The van der Waals surface area contributed by atoms with Crippen molar-refractivity contribution in [2.24, 2.45) is 0 Å². The van der Waals surface area contributed by atoms with E-state index >= 15 is 0 Å². The van der Waals surface area contributed by atoms with E-state index in [4.69, 9.17) is 10.5 Å². The molecule has 0 spiro atoms. The Labute approximate surface area is 142 Å². The first kappa shape index (κ1) is 17.5. The van der Waals surface area contributed by atoms with Gasteiger partial charge in [-0.05, 0) is 37.6 Å². The lowest BCUT2D eigenvalue weighted by atomic mass is 10.2. The van der Waals surface area contributed by atoms with Crippen molar-refractivity contribution in [2.45, 2.75) is 26.7 Å². The number of anilines is 2. The Hall–Kier alpha value is -2.82. The maximum atomic E-state index is 12.3. The lowest BCUT2D eigenvalue weighted by molar-refractivity contribution is 0.102. The highest BCUT2D eigenvalue weighted by atomic mass is 16.5. The smallest absolute Gasteiger partial charge is 0.259 e. The van der Waals surface area contributed by atoms with Gasteiger partial charge < -0.3 is 15.8 Å². The fraction of sp³-hybridized carbons (Fsp3) is 0.263. The molecule has 0 saturated heterocycles. The SMILES string of the molecule is CCCC=CCOc1cccc(NC(=O)c2ccc(C)nc2N)c1. The fourth-order valence-electron chi connectivity index (χ4n) is 2.13. The molecule has 0 saturated carbocycles. The molecule has 5 nitrogen and oxygen atoms in total. The third-order valence-electron chi connectivity index (χ3n) is 3.37. The largest absolute Gasteiger partial charge is 0.489 e. The van der Waals surface area contributed by atoms with E-state index in [1.807, 2.05) is 25.1 Å². The third kappa shape index (κ3) is 5.12. The van der Waals surface area contributed by atoms with E-state index in [2.05, 4.69) is 23.3 Å². The maximum absolute atomic E-state index is 12.3. The Kier molecular flexibility index (Phi) is 6.37. The van der Waals surface area contributed by atoms with E-state index < -0.39 is 0 Å². The van der Waals surface area contributed by atoms with Crippen molar-refractivity contribution >= 4 is 17.4 Å². The Morgan fingerprint density at radius 1 is 1.29 bits per heavy atom. The van der Waals surface area contributed by atoms with Gasteiger partial charge in [0.15, 0.2) is 0 Å². The summed E-state index contributed by atoms with van der Waals surface area (Å²) in [7, 11) is 0. The van der Waals surface area contributed by atoms with Crippen molar-refractivity contribution in [3.8, 4) is 5.75 Å². The summed E-state index contributed by atoms with van der Waals surface area (Å²) in [6.07, 6.45) is 6.26. The highest BCUT2D eigenvalue weighted by molar-refractivity contribution is 6.07. The molecule has 3 N–H and O–H groups in total. The van der Waals surface area contributed by atoms with Crippen LogP contribution in [0.4, 0.5) is 11.5 Å². The summed E-state index contributed by atoms with van der Waals surface area (Å²) in [5.74, 6) is 0.630. The molecule has 0 unspecified atom stereocenters. The molecule has 1 amide bonds. The van der Waals surface area contributed by atoms with Crippen molar-refractivity contribution in [2.75, 3.05) is 17.7 Å². The average molecular weight is 325 g/mol. The Morgan fingerprint density at radius 3 is 2.88 bits per heavy atom. The highest BCUT2D eigenvalue weighted by Gasteiger charge is 2.11. The monoisotopic (exact) mass is 325 g/mol. The molecule has 1 aromatic carbocycles. The number of pyridine rings is 1. The number of hydrogen-bond donors (Lipinski definition) is 2. The quantitative estimate of drug-likeness (QED) is 0.755. The van der Waals surface area contributed by atoms with Crippen molar-refractivity contribution in [3.63, 3.8) is 0 Å². The first-order valence-electron chi connectivity index (χ1n) is 8.02. The molecule has 126 valence electrons. The summed E-state index contributed by atoms with van der Waals surface area (Å²) in [4.78, 5) is 16.4. The van der Waals surface area contributed by atoms with Gasteiger partial charge in [-0.1, -0.05) is 31.6 Å². The zero-order valence-corrected chi connectivity index (χ0v) is 14.1. The molecule has 2 rings (SSSR count). The molecular formula is C19H23N3O2. The van der Waals surface area contributed by atoms with Crippen molar-refractivity contribution in [1.29, 1.82) is 0 Å². The molecule has 0 aliphatic carbocycles. The first-order valence-corrected chi connectivity index (χ1v) is 8.02. The van der Waals surface area contributed by atoms with Gasteiger partial charge in [0.1, 0.15) is 18.2 Å². The van der Waals surface area contributed by atoms with E-state index in [1.54, 1.807) is 24.3 Å². The van der Waals surface area contributed by atoms with Gasteiger partial charge in [-0.15, -0.1) is 0 Å². The van der Waals surface area contributed by atoms with Crippen molar-refractivity contribution in [3.05, 3.63) is 59.8 Å². The second-order valence-electron chi connectivity index (χ2n) is 5.44. The molecule has 2 aromatic rings. The number of aromatic nitrogens is 1. The number of nitrogens with one attached hydrogen (secondary N) is 1. The zero-order valence-electron chi connectivity index (χ0n) is 14.1. The number of rotatable bonds is 7. The minimum absolute atomic E-state index is 0.223. The minimum Gasteiger partial charge on any atom is -0.489 e. The summed E-state index contributed by atoms with van der Waals surface area (Å²) >= 11 is 0. The number of nitrogens with two attached hydrogens (primary N) is 1. The summed E-state index contributed by atoms with van der Waals surface area (Å²) in [6, 6.07) is 10.7. The van der Waals surface area contributed by atoms with Crippen LogP contribution in [0.25, 0.3) is 0 Å². The minimum atomic E-state index is -0.292. The number of aryl methyl sites for hydroxylation is 1. The van der Waals surface area contributed by atoms with Crippen LogP contribution >= 0.6 is 0 Å². The van der Waals surface area contributed by atoms with Crippen LogP contribution in [-0.4, -0.2) is 17.5 Å². The van der Waals surface area contributed by atoms with Crippen LogP contribution < -0.4 is 15.8 Å².